The molecule has 45 heavy (non-hydrogen) atoms. The zero-order valence-corrected chi connectivity index (χ0v) is 26.5. The fourth-order valence-corrected chi connectivity index (χ4v) is 6.13. The van der Waals surface area contributed by atoms with Crippen LogP contribution in [0.15, 0.2) is 78.9 Å². The standard InChI is InChI=1S/C35H36ClNO8/c1-40-27-11-5-23(6-12-27)19-25-9-16-31(33(37(38)39)29(25)20-24-7-13-28(41-2)14-8-24)45-22-35(34(42-3)43-4)17-18-44-32-21-26(36)10-15-30(32)35/h5-16,21,34H,17-20,22H2,1-4H3/t35-/m0/s1. The first-order valence-electron chi connectivity index (χ1n) is 14.5. The number of hydrogen-bond donors (Lipinski definition) is 0. The van der Waals surface area contributed by atoms with Crippen LogP contribution in [0.2, 0.25) is 5.02 Å². The maximum absolute atomic E-state index is 12.8. The van der Waals surface area contributed by atoms with Crippen molar-refractivity contribution in [3.8, 4) is 23.0 Å². The molecule has 0 bridgehead atoms. The van der Waals surface area contributed by atoms with E-state index in [-0.39, 0.29) is 23.0 Å². The van der Waals surface area contributed by atoms with E-state index in [9.17, 15) is 10.1 Å². The minimum atomic E-state index is -0.826. The molecule has 10 heteroatoms. The van der Waals surface area contributed by atoms with Crippen LogP contribution in [0.5, 0.6) is 23.0 Å². The molecule has 5 rings (SSSR count). The predicted molar refractivity (Wildman–Crippen MR) is 171 cm³/mol. The highest BCUT2D eigenvalue weighted by molar-refractivity contribution is 6.30. The molecule has 0 unspecified atom stereocenters. The molecule has 0 N–H and O–H groups in total. The Bertz CT molecular complexity index is 1620. The average molecular weight is 634 g/mol. The van der Waals surface area contributed by atoms with E-state index >= 15 is 0 Å². The second-order valence-electron chi connectivity index (χ2n) is 10.8. The molecule has 0 saturated heterocycles. The maximum Gasteiger partial charge on any atom is 0.314 e. The van der Waals surface area contributed by atoms with Crippen LogP contribution in [0.1, 0.15) is 34.2 Å². The molecule has 1 heterocycles. The molecule has 0 amide bonds. The third-order valence-corrected chi connectivity index (χ3v) is 8.50. The Balaban J connectivity index is 1.57. The first kappa shape index (κ1) is 32.1. The van der Waals surface area contributed by atoms with Crippen molar-refractivity contribution in [2.24, 2.45) is 0 Å². The molecular formula is C35H36ClNO8. The Morgan fingerprint density at radius 1 is 0.867 bits per heavy atom. The van der Waals surface area contributed by atoms with Crippen LogP contribution in [0, 0.1) is 10.1 Å². The highest BCUT2D eigenvalue weighted by atomic mass is 35.5. The Morgan fingerprint density at radius 3 is 2.07 bits per heavy atom. The molecule has 0 fully saturated rings. The zero-order chi connectivity index (χ0) is 32.0. The first-order valence-corrected chi connectivity index (χ1v) is 14.9. The van der Waals surface area contributed by atoms with Gasteiger partial charge in [-0.2, -0.15) is 0 Å². The van der Waals surface area contributed by atoms with Crippen molar-refractivity contribution >= 4 is 17.3 Å². The van der Waals surface area contributed by atoms with Gasteiger partial charge in [-0.05, 0) is 72.0 Å². The van der Waals surface area contributed by atoms with Crippen molar-refractivity contribution in [1.82, 2.24) is 0 Å². The van der Waals surface area contributed by atoms with Gasteiger partial charge in [-0.25, -0.2) is 0 Å². The Morgan fingerprint density at radius 2 is 1.49 bits per heavy atom. The molecule has 0 spiro atoms. The van der Waals surface area contributed by atoms with Gasteiger partial charge in [0.2, 0.25) is 0 Å². The highest BCUT2D eigenvalue weighted by Crippen LogP contribution is 2.45. The minimum Gasteiger partial charge on any atom is -0.497 e. The van der Waals surface area contributed by atoms with E-state index in [2.05, 4.69) is 0 Å². The Hall–Kier alpha value is -4.31. The smallest absolute Gasteiger partial charge is 0.314 e. The van der Waals surface area contributed by atoms with Gasteiger partial charge in [0.25, 0.3) is 0 Å². The van der Waals surface area contributed by atoms with Crippen molar-refractivity contribution in [3.63, 3.8) is 0 Å². The number of nitro groups is 1. The molecule has 0 aromatic heterocycles. The lowest BCUT2D eigenvalue weighted by Crippen LogP contribution is -2.49. The van der Waals surface area contributed by atoms with Crippen LogP contribution >= 0.6 is 11.6 Å². The Kier molecular flexibility index (Phi) is 10.1. The first-order chi connectivity index (χ1) is 21.8. The van der Waals surface area contributed by atoms with E-state index in [0.717, 1.165) is 28.0 Å². The summed E-state index contributed by atoms with van der Waals surface area (Å²) in [6.07, 6.45) is 0.591. The number of fused-ring (bicyclic) bond motifs is 1. The van der Waals surface area contributed by atoms with Crippen LogP contribution in [-0.2, 0) is 27.7 Å². The van der Waals surface area contributed by atoms with E-state index in [0.29, 0.717) is 48.0 Å². The fourth-order valence-electron chi connectivity index (χ4n) is 5.97. The molecule has 0 radical (unpaired) electrons. The van der Waals surface area contributed by atoms with E-state index < -0.39 is 11.7 Å². The van der Waals surface area contributed by atoms with Crippen LogP contribution < -0.4 is 18.9 Å². The normalized spacial score (nSPS) is 15.7. The van der Waals surface area contributed by atoms with E-state index in [1.807, 2.05) is 60.7 Å². The van der Waals surface area contributed by atoms with Gasteiger partial charge in [-0.15, -0.1) is 0 Å². The molecule has 4 aromatic rings. The molecule has 1 atom stereocenters. The summed E-state index contributed by atoms with van der Waals surface area (Å²) >= 11 is 6.27. The maximum atomic E-state index is 12.8. The van der Waals surface area contributed by atoms with Crippen LogP contribution in [0.3, 0.4) is 0 Å². The largest absolute Gasteiger partial charge is 0.497 e. The van der Waals surface area contributed by atoms with E-state index in [1.54, 1.807) is 46.6 Å². The van der Waals surface area contributed by atoms with Gasteiger partial charge in [0.1, 0.15) is 23.9 Å². The third kappa shape index (κ3) is 6.86. The number of nitrogens with zero attached hydrogens (tertiary/aromatic N) is 1. The number of methoxy groups -OCH3 is 4. The summed E-state index contributed by atoms with van der Waals surface area (Å²) in [7, 11) is 6.34. The molecule has 4 aromatic carbocycles. The fraction of sp³-hybridized carbons (Fsp3) is 0.314. The van der Waals surface area contributed by atoms with Gasteiger partial charge < -0.3 is 28.4 Å². The Labute approximate surface area is 267 Å². The van der Waals surface area contributed by atoms with Crippen LogP contribution in [0.4, 0.5) is 5.69 Å². The summed E-state index contributed by atoms with van der Waals surface area (Å²) in [6, 6.07) is 24.2. The number of benzene rings is 4. The van der Waals surface area contributed by atoms with Gasteiger partial charge in [0.05, 0.1) is 31.2 Å². The van der Waals surface area contributed by atoms with Crippen molar-refractivity contribution < 1.29 is 33.3 Å². The molecule has 9 nitrogen and oxygen atoms in total. The highest BCUT2D eigenvalue weighted by Gasteiger charge is 2.47. The van der Waals surface area contributed by atoms with Crippen molar-refractivity contribution in [2.75, 3.05) is 41.7 Å². The third-order valence-electron chi connectivity index (χ3n) is 8.27. The molecule has 1 aliphatic heterocycles. The van der Waals surface area contributed by atoms with Gasteiger partial charge in [0.15, 0.2) is 12.0 Å². The SMILES string of the molecule is COc1ccc(Cc2ccc(OC[C@@]3(C(OC)OC)CCOc4cc(Cl)ccc43)c([N+](=O)[O-])c2Cc2ccc(OC)cc2)cc1. The summed E-state index contributed by atoms with van der Waals surface area (Å²) in [6.45, 7) is 0.406. The summed E-state index contributed by atoms with van der Waals surface area (Å²) in [5.74, 6) is 2.21. The lowest BCUT2D eigenvalue weighted by atomic mass is 9.75. The molecular weight excluding hydrogens is 598 g/mol. The summed E-state index contributed by atoms with van der Waals surface area (Å²) < 4.78 is 34.5. The number of rotatable bonds is 13. The molecule has 236 valence electrons. The number of hydrogen-bond acceptors (Lipinski definition) is 8. The average Bonchev–Trinajstić information content (AvgIpc) is 3.05. The zero-order valence-electron chi connectivity index (χ0n) is 25.7. The summed E-state index contributed by atoms with van der Waals surface area (Å²) in [5.41, 5.74) is 3.18. The van der Waals surface area contributed by atoms with E-state index in [1.165, 1.54) is 0 Å². The van der Waals surface area contributed by atoms with Gasteiger partial charge >= 0.3 is 5.69 Å². The summed E-state index contributed by atoms with van der Waals surface area (Å²) in [5, 5.41) is 13.4. The van der Waals surface area contributed by atoms with Gasteiger partial charge in [-0.1, -0.05) is 48.0 Å². The minimum absolute atomic E-state index is 0.0397. The van der Waals surface area contributed by atoms with Crippen molar-refractivity contribution in [3.05, 3.63) is 122 Å². The molecule has 1 aliphatic rings. The molecule has 0 aliphatic carbocycles. The second-order valence-corrected chi connectivity index (χ2v) is 11.3. The predicted octanol–water partition coefficient (Wildman–Crippen LogP) is 7.17. The number of halogens is 1. The van der Waals surface area contributed by atoms with Crippen molar-refractivity contribution in [2.45, 2.75) is 31.0 Å². The quantitative estimate of drug-likeness (QED) is 0.0869. The number of ether oxygens (including phenoxy) is 6. The molecule has 0 saturated carbocycles. The van der Waals surface area contributed by atoms with Gasteiger partial charge in [-0.3, -0.25) is 10.1 Å². The lowest BCUT2D eigenvalue weighted by Gasteiger charge is -2.42. The van der Waals surface area contributed by atoms with Crippen molar-refractivity contribution in [1.29, 1.82) is 0 Å². The summed E-state index contributed by atoms with van der Waals surface area (Å²) in [4.78, 5) is 12.5. The monoisotopic (exact) mass is 633 g/mol. The van der Waals surface area contributed by atoms with E-state index in [4.69, 9.17) is 40.0 Å². The second kappa shape index (κ2) is 14.2. The van der Waals surface area contributed by atoms with Crippen LogP contribution in [0.25, 0.3) is 0 Å². The lowest BCUT2D eigenvalue weighted by molar-refractivity contribution is -0.386. The van der Waals surface area contributed by atoms with Crippen LogP contribution in [-0.4, -0.2) is 52.9 Å². The number of nitro benzene ring substituents is 1. The topological polar surface area (TPSA) is 98.5 Å². The van der Waals surface area contributed by atoms with Gasteiger partial charge in [0, 0.05) is 36.8 Å².